The van der Waals surface area contributed by atoms with Crippen LogP contribution in [0.3, 0.4) is 0 Å². The molecule has 1 saturated heterocycles. The Bertz CT molecular complexity index is 588. The highest BCUT2D eigenvalue weighted by Crippen LogP contribution is 2.24. The molecule has 1 aliphatic heterocycles. The number of rotatable bonds is 5. The van der Waals surface area contributed by atoms with Gasteiger partial charge in [0.25, 0.3) is 0 Å². The van der Waals surface area contributed by atoms with Gasteiger partial charge in [-0.3, -0.25) is 0 Å². The van der Waals surface area contributed by atoms with Gasteiger partial charge in [-0.25, -0.2) is 4.79 Å². The van der Waals surface area contributed by atoms with Gasteiger partial charge in [-0.2, -0.15) is 0 Å². The molecule has 8 heteroatoms. The largest absolute Gasteiger partial charge is 0.573 e. The molecule has 146 valence electrons. The molecule has 26 heavy (non-hydrogen) atoms. The Morgan fingerprint density at radius 1 is 1.12 bits per heavy atom. The molecule has 1 aliphatic rings. The number of nitrogens with zero attached hydrogens (tertiary/aromatic N) is 1. The van der Waals surface area contributed by atoms with Crippen LogP contribution >= 0.6 is 0 Å². The van der Waals surface area contributed by atoms with E-state index in [-0.39, 0.29) is 17.8 Å². The number of ether oxygens (including phenoxy) is 2. The van der Waals surface area contributed by atoms with Gasteiger partial charge in [0.2, 0.25) is 0 Å². The summed E-state index contributed by atoms with van der Waals surface area (Å²) in [4.78, 5) is 17.2. The van der Waals surface area contributed by atoms with Crippen molar-refractivity contribution < 1.29 is 32.3 Å². The summed E-state index contributed by atoms with van der Waals surface area (Å²) in [6.45, 7) is 6.89. The van der Waals surface area contributed by atoms with E-state index in [0.717, 1.165) is 5.56 Å². The van der Waals surface area contributed by atoms with Crippen LogP contribution in [0.25, 0.3) is 0 Å². The number of hydrogen-bond donors (Lipinski definition) is 0. The molecule has 0 unspecified atom stereocenters. The molecule has 0 saturated carbocycles. The second-order valence-electron chi connectivity index (χ2n) is 7.26. The van der Waals surface area contributed by atoms with Gasteiger partial charge in [-0.15, -0.1) is 18.2 Å². The fourth-order valence-electron chi connectivity index (χ4n) is 2.35. The van der Waals surface area contributed by atoms with Crippen LogP contribution < -0.4 is 4.74 Å². The van der Waals surface area contributed by atoms with Crippen LogP contribution in [0.15, 0.2) is 24.3 Å². The van der Waals surface area contributed by atoms with Crippen molar-refractivity contribution in [2.45, 2.75) is 52.7 Å². The Hall–Kier alpha value is -1.80. The van der Waals surface area contributed by atoms with Crippen molar-refractivity contribution in [1.29, 1.82) is 0 Å². The maximum Gasteiger partial charge on any atom is 0.573 e. The third-order valence-corrected chi connectivity index (χ3v) is 3.87. The summed E-state index contributed by atoms with van der Waals surface area (Å²) in [7, 11) is 0. The Morgan fingerprint density at radius 2 is 1.69 bits per heavy atom. The van der Waals surface area contributed by atoms with Crippen molar-refractivity contribution in [3.8, 4) is 5.75 Å². The lowest BCUT2D eigenvalue weighted by Crippen LogP contribution is -2.40. The molecule has 0 spiro atoms. The second-order valence-corrected chi connectivity index (χ2v) is 7.26. The highest BCUT2D eigenvalue weighted by Gasteiger charge is 2.31. The van der Waals surface area contributed by atoms with Crippen molar-refractivity contribution in [3.63, 3.8) is 0 Å². The maximum absolute atomic E-state index is 12.1. The molecule has 2 rings (SSSR count). The van der Waals surface area contributed by atoms with E-state index in [2.05, 4.69) is 4.74 Å². The Labute approximate surface area is 151 Å². The minimum Gasteiger partial charge on any atom is -0.406 e. The number of carbonyl (C=O) groups is 1. The molecular weight excluding hydrogens is 351 g/mol. The molecule has 1 aromatic rings. The molecule has 0 aliphatic carbocycles. The molecule has 0 radical (unpaired) electrons. The molecule has 0 N–H and O–H groups in total. The first-order valence-corrected chi connectivity index (χ1v) is 8.46. The summed E-state index contributed by atoms with van der Waals surface area (Å²) in [5.74, 6) is -0.520. The van der Waals surface area contributed by atoms with Gasteiger partial charge in [0.1, 0.15) is 5.75 Å². The van der Waals surface area contributed by atoms with Crippen molar-refractivity contribution in [2.24, 2.45) is 5.41 Å². The van der Waals surface area contributed by atoms with Crippen molar-refractivity contribution >= 4 is 5.97 Å². The molecular formula is C18H24F3NO4. The van der Waals surface area contributed by atoms with Crippen LogP contribution in [0.2, 0.25) is 0 Å². The maximum atomic E-state index is 12.1. The zero-order valence-corrected chi connectivity index (χ0v) is 15.1. The lowest BCUT2D eigenvalue weighted by atomic mass is 9.98. The van der Waals surface area contributed by atoms with Crippen LogP contribution in [-0.4, -0.2) is 36.6 Å². The van der Waals surface area contributed by atoms with Gasteiger partial charge in [0.15, 0.2) is 0 Å². The zero-order chi connectivity index (χ0) is 19.4. The number of piperidine rings is 1. The Morgan fingerprint density at radius 3 is 2.19 bits per heavy atom. The van der Waals surface area contributed by atoms with Crippen molar-refractivity contribution in [3.05, 3.63) is 29.8 Å². The van der Waals surface area contributed by atoms with E-state index in [1.54, 1.807) is 38.0 Å². The van der Waals surface area contributed by atoms with Crippen LogP contribution in [0.1, 0.15) is 39.2 Å². The van der Waals surface area contributed by atoms with E-state index in [1.807, 2.05) is 0 Å². The predicted octanol–water partition coefficient (Wildman–Crippen LogP) is 4.07. The third-order valence-electron chi connectivity index (χ3n) is 3.87. The number of hydrogen-bond acceptors (Lipinski definition) is 5. The van der Waals surface area contributed by atoms with E-state index >= 15 is 0 Å². The smallest absolute Gasteiger partial charge is 0.406 e. The third kappa shape index (κ3) is 6.84. The quantitative estimate of drug-likeness (QED) is 0.776. The minimum absolute atomic E-state index is 0.0192. The molecule has 0 amide bonds. The number of carbonyl (C=O) groups excluding carboxylic acids is 1. The number of halogens is 3. The van der Waals surface area contributed by atoms with Crippen molar-refractivity contribution in [1.82, 2.24) is 5.06 Å². The normalized spacial score (nSPS) is 17.2. The topological polar surface area (TPSA) is 48.0 Å². The van der Waals surface area contributed by atoms with E-state index in [9.17, 15) is 18.0 Å². The first-order chi connectivity index (χ1) is 12.0. The first-order valence-electron chi connectivity index (χ1n) is 8.46. The SMILES string of the molecule is CC(C)(C)C(=O)ON1CCC(OCc2ccc(OC(F)(F)F)cc2)CC1. The molecule has 1 fully saturated rings. The van der Waals surface area contributed by atoms with E-state index in [1.165, 1.54) is 12.1 Å². The highest BCUT2D eigenvalue weighted by molar-refractivity contribution is 5.75. The highest BCUT2D eigenvalue weighted by atomic mass is 19.4. The van der Waals surface area contributed by atoms with Crippen LogP contribution in [0, 0.1) is 5.41 Å². The lowest BCUT2D eigenvalue weighted by molar-refractivity contribution is -0.274. The van der Waals surface area contributed by atoms with Crippen LogP contribution in [0.4, 0.5) is 13.2 Å². The number of hydroxylamine groups is 2. The molecule has 0 atom stereocenters. The average molecular weight is 375 g/mol. The second kappa shape index (κ2) is 8.26. The molecule has 1 heterocycles. The zero-order valence-electron chi connectivity index (χ0n) is 15.1. The fourth-order valence-corrected chi connectivity index (χ4v) is 2.35. The minimum atomic E-state index is -4.69. The molecule has 0 bridgehead atoms. The summed E-state index contributed by atoms with van der Waals surface area (Å²) >= 11 is 0. The van der Waals surface area contributed by atoms with Crippen LogP contribution in [0.5, 0.6) is 5.75 Å². The molecule has 5 nitrogen and oxygen atoms in total. The summed E-state index contributed by atoms with van der Waals surface area (Å²) in [5, 5.41) is 1.65. The van der Waals surface area contributed by atoms with Crippen LogP contribution in [-0.2, 0) is 21.0 Å². The van der Waals surface area contributed by atoms with E-state index in [4.69, 9.17) is 9.57 Å². The Kier molecular flexibility index (Phi) is 6.52. The van der Waals surface area contributed by atoms with Crippen molar-refractivity contribution in [2.75, 3.05) is 13.1 Å². The lowest BCUT2D eigenvalue weighted by Gasteiger charge is -2.32. The fraction of sp³-hybridized carbons (Fsp3) is 0.611. The summed E-state index contributed by atoms with van der Waals surface area (Å²) in [6, 6.07) is 5.62. The van der Waals surface area contributed by atoms with Gasteiger partial charge < -0.3 is 14.3 Å². The molecule has 1 aromatic carbocycles. The summed E-state index contributed by atoms with van der Waals surface area (Å²) < 4.78 is 46.0. The van der Waals surface area contributed by atoms with Gasteiger partial charge >= 0.3 is 12.3 Å². The van der Waals surface area contributed by atoms with Gasteiger partial charge in [0, 0.05) is 13.1 Å². The Balaban J connectivity index is 1.72. The van der Waals surface area contributed by atoms with E-state index < -0.39 is 11.8 Å². The molecule has 0 aromatic heterocycles. The van der Waals surface area contributed by atoms with E-state index in [0.29, 0.717) is 32.5 Å². The average Bonchev–Trinajstić information content (AvgIpc) is 2.53. The predicted molar refractivity (Wildman–Crippen MR) is 88.1 cm³/mol. The summed E-state index contributed by atoms with van der Waals surface area (Å²) in [5.41, 5.74) is 0.219. The standard InChI is InChI=1S/C18H24F3NO4/c1-17(2,3)16(23)26-22-10-8-14(9-11-22)24-12-13-4-6-15(7-5-13)25-18(19,20)21/h4-7,14H,8-12H2,1-3H3. The van der Waals surface area contributed by atoms with Gasteiger partial charge in [-0.1, -0.05) is 12.1 Å². The van der Waals surface area contributed by atoms with Gasteiger partial charge in [-0.05, 0) is 51.3 Å². The van der Waals surface area contributed by atoms with Gasteiger partial charge in [0.05, 0.1) is 18.1 Å². The summed E-state index contributed by atoms with van der Waals surface area (Å²) in [6.07, 6.45) is -3.24. The first kappa shape index (κ1) is 20.5. The number of benzene rings is 1. The number of alkyl halides is 3. The monoisotopic (exact) mass is 375 g/mol.